The van der Waals surface area contributed by atoms with Crippen molar-refractivity contribution in [1.82, 2.24) is 8.75 Å². The van der Waals surface area contributed by atoms with Gasteiger partial charge in [-0.1, -0.05) is 6.07 Å². The molecule has 1 heterocycles. The first-order chi connectivity index (χ1) is 10.9. The summed E-state index contributed by atoms with van der Waals surface area (Å²) in [5.74, 6) is -0.309. The van der Waals surface area contributed by atoms with Crippen LogP contribution in [0.3, 0.4) is 0 Å². The minimum Gasteiger partial charge on any atom is -0.322 e. The molecule has 23 heavy (non-hydrogen) atoms. The van der Waals surface area contributed by atoms with Crippen molar-refractivity contribution in [3.8, 4) is 0 Å². The quantitative estimate of drug-likeness (QED) is 0.753. The second-order valence-electron chi connectivity index (χ2n) is 4.88. The molecule has 1 amide bonds. The van der Waals surface area contributed by atoms with Crippen LogP contribution in [-0.2, 0) is 10.0 Å². The molecule has 0 fully saturated rings. The Morgan fingerprint density at radius 3 is 2.57 bits per heavy atom. The molecule has 0 spiro atoms. The maximum absolute atomic E-state index is 12.3. The van der Waals surface area contributed by atoms with Crippen LogP contribution in [0.2, 0.25) is 0 Å². The molecule has 0 unspecified atom stereocenters. The third-order valence-electron chi connectivity index (χ3n) is 2.94. The normalized spacial score (nSPS) is 11.3. The summed E-state index contributed by atoms with van der Waals surface area (Å²) in [5.41, 5.74) is 2.72. The summed E-state index contributed by atoms with van der Waals surface area (Å²) in [4.78, 5) is 12.3. The number of benzene rings is 2. The van der Waals surface area contributed by atoms with Crippen LogP contribution in [0.15, 0.2) is 42.5 Å². The summed E-state index contributed by atoms with van der Waals surface area (Å²) in [6.45, 7) is 0. The average molecular weight is 348 g/mol. The van der Waals surface area contributed by atoms with E-state index in [0.29, 0.717) is 22.5 Å². The summed E-state index contributed by atoms with van der Waals surface area (Å²) in [7, 11) is -3.37. The topological polar surface area (TPSA) is 101 Å². The Balaban J connectivity index is 1.80. The van der Waals surface area contributed by atoms with Crippen LogP contribution >= 0.6 is 11.7 Å². The third-order valence-corrected chi connectivity index (χ3v) is 4.10. The van der Waals surface area contributed by atoms with Crippen LogP contribution in [0, 0.1) is 0 Å². The van der Waals surface area contributed by atoms with E-state index < -0.39 is 10.0 Å². The van der Waals surface area contributed by atoms with E-state index in [9.17, 15) is 13.2 Å². The minimum atomic E-state index is -3.37. The largest absolute Gasteiger partial charge is 0.322 e. The summed E-state index contributed by atoms with van der Waals surface area (Å²) in [5, 5.41) is 2.72. The lowest BCUT2D eigenvalue weighted by Gasteiger charge is -2.08. The molecule has 3 aromatic rings. The van der Waals surface area contributed by atoms with E-state index >= 15 is 0 Å². The lowest BCUT2D eigenvalue weighted by atomic mass is 10.2. The van der Waals surface area contributed by atoms with Gasteiger partial charge < -0.3 is 5.32 Å². The van der Waals surface area contributed by atoms with Crippen molar-refractivity contribution in [3.63, 3.8) is 0 Å². The van der Waals surface area contributed by atoms with Crippen molar-refractivity contribution in [2.24, 2.45) is 0 Å². The number of amides is 1. The molecule has 0 aliphatic rings. The highest BCUT2D eigenvalue weighted by Gasteiger charge is 2.09. The van der Waals surface area contributed by atoms with Gasteiger partial charge in [0.15, 0.2) is 0 Å². The summed E-state index contributed by atoms with van der Waals surface area (Å²) >= 11 is 1.09. The van der Waals surface area contributed by atoms with Gasteiger partial charge >= 0.3 is 0 Å². The molecule has 3 rings (SSSR count). The zero-order valence-electron chi connectivity index (χ0n) is 12.0. The molecule has 2 N–H and O–H groups in total. The highest BCUT2D eigenvalue weighted by atomic mass is 32.2. The lowest BCUT2D eigenvalue weighted by Crippen LogP contribution is -2.13. The van der Waals surface area contributed by atoms with E-state index in [4.69, 9.17) is 0 Å². The predicted molar refractivity (Wildman–Crippen MR) is 90.3 cm³/mol. The minimum absolute atomic E-state index is 0.309. The van der Waals surface area contributed by atoms with Crippen LogP contribution in [0.4, 0.5) is 11.4 Å². The molecule has 0 bridgehead atoms. The number of carbonyl (C=O) groups is 1. The van der Waals surface area contributed by atoms with Crippen molar-refractivity contribution >= 4 is 50.1 Å². The number of hydrogen-bond donors (Lipinski definition) is 2. The molecule has 0 aliphatic heterocycles. The third kappa shape index (κ3) is 3.82. The van der Waals surface area contributed by atoms with E-state index in [1.807, 2.05) is 0 Å². The van der Waals surface area contributed by atoms with Crippen molar-refractivity contribution < 1.29 is 13.2 Å². The number of rotatable bonds is 4. The first-order valence-electron chi connectivity index (χ1n) is 6.52. The molecule has 118 valence electrons. The molecule has 0 saturated heterocycles. The monoisotopic (exact) mass is 348 g/mol. The number of hydrogen-bond acceptors (Lipinski definition) is 6. The highest BCUT2D eigenvalue weighted by molar-refractivity contribution is 7.92. The first-order valence-corrected chi connectivity index (χ1v) is 9.14. The van der Waals surface area contributed by atoms with Crippen LogP contribution in [0.5, 0.6) is 0 Å². The van der Waals surface area contributed by atoms with Gasteiger partial charge in [-0.05, 0) is 36.4 Å². The van der Waals surface area contributed by atoms with Gasteiger partial charge in [0, 0.05) is 11.3 Å². The smallest absolute Gasteiger partial charge is 0.255 e. The average Bonchev–Trinajstić information content (AvgIpc) is 2.93. The van der Waals surface area contributed by atoms with Crippen molar-refractivity contribution in [3.05, 3.63) is 48.0 Å². The van der Waals surface area contributed by atoms with Crippen LogP contribution < -0.4 is 10.0 Å². The van der Waals surface area contributed by atoms with Gasteiger partial charge in [0.05, 0.1) is 23.7 Å². The summed E-state index contributed by atoms with van der Waals surface area (Å²) < 4.78 is 33.0. The Hall–Kier alpha value is -2.52. The van der Waals surface area contributed by atoms with E-state index in [1.54, 1.807) is 42.5 Å². The molecule has 0 aliphatic carbocycles. The van der Waals surface area contributed by atoms with Gasteiger partial charge in [-0.3, -0.25) is 9.52 Å². The maximum Gasteiger partial charge on any atom is 0.255 e. The molecule has 0 atom stereocenters. The molecule has 1 aromatic heterocycles. The standard InChI is InChI=1S/C14H12N4O3S2/c1-23(20,21)18-11-4-2-3-10(8-11)15-14(19)9-5-6-12-13(7-9)17-22-16-12/h2-8,18H,1H3,(H,15,19). The number of nitrogens with one attached hydrogen (secondary N) is 2. The Kier molecular flexibility index (Phi) is 3.97. The summed E-state index contributed by atoms with van der Waals surface area (Å²) in [6.07, 6.45) is 1.06. The van der Waals surface area contributed by atoms with Crippen LogP contribution in [0.1, 0.15) is 10.4 Å². The van der Waals surface area contributed by atoms with Gasteiger partial charge in [-0.15, -0.1) is 0 Å². The SMILES string of the molecule is CS(=O)(=O)Nc1cccc(NC(=O)c2ccc3nsnc3c2)c1. The number of nitrogens with zero attached hydrogens (tertiary/aromatic N) is 2. The van der Waals surface area contributed by atoms with Gasteiger partial charge in [0.1, 0.15) is 11.0 Å². The van der Waals surface area contributed by atoms with Crippen LogP contribution in [-0.4, -0.2) is 29.3 Å². The molecule has 0 radical (unpaired) electrons. The summed E-state index contributed by atoms with van der Waals surface area (Å²) in [6, 6.07) is 11.5. The molecule has 9 heteroatoms. The van der Waals surface area contributed by atoms with Crippen molar-refractivity contribution in [1.29, 1.82) is 0 Å². The van der Waals surface area contributed by atoms with Crippen LogP contribution in [0.25, 0.3) is 11.0 Å². The second-order valence-corrected chi connectivity index (χ2v) is 7.15. The fraction of sp³-hybridized carbons (Fsp3) is 0.0714. The second kappa shape index (κ2) is 5.94. The molecule has 2 aromatic carbocycles. The Labute approximate surface area is 136 Å². The Morgan fingerprint density at radius 1 is 1.04 bits per heavy atom. The fourth-order valence-electron chi connectivity index (χ4n) is 2.00. The number of aromatic nitrogens is 2. The highest BCUT2D eigenvalue weighted by Crippen LogP contribution is 2.18. The first kappa shape index (κ1) is 15.4. The number of anilines is 2. The van der Waals surface area contributed by atoms with Gasteiger partial charge in [0.25, 0.3) is 5.91 Å². The Bertz CT molecular complexity index is 982. The van der Waals surface area contributed by atoms with E-state index in [2.05, 4.69) is 18.8 Å². The van der Waals surface area contributed by atoms with E-state index in [1.165, 1.54) is 0 Å². The zero-order valence-corrected chi connectivity index (χ0v) is 13.6. The Morgan fingerprint density at radius 2 is 1.78 bits per heavy atom. The van der Waals surface area contributed by atoms with Gasteiger partial charge in [-0.25, -0.2) is 8.42 Å². The fourth-order valence-corrected chi connectivity index (χ4v) is 3.07. The zero-order chi connectivity index (χ0) is 16.4. The van der Waals surface area contributed by atoms with E-state index in [0.717, 1.165) is 23.5 Å². The molecule has 0 saturated carbocycles. The molecular weight excluding hydrogens is 336 g/mol. The van der Waals surface area contributed by atoms with Crippen molar-refractivity contribution in [2.75, 3.05) is 16.3 Å². The van der Waals surface area contributed by atoms with E-state index in [-0.39, 0.29) is 5.91 Å². The number of carbonyl (C=O) groups excluding carboxylic acids is 1. The van der Waals surface area contributed by atoms with Gasteiger partial charge in [0.2, 0.25) is 10.0 Å². The number of sulfonamides is 1. The molecular formula is C14H12N4O3S2. The lowest BCUT2D eigenvalue weighted by molar-refractivity contribution is 0.102. The molecule has 7 nitrogen and oxygen atoms in total. The van der Waals surface area contributed by atoms with Crippen molar-refractivity contribution in [2.45, 2.75) is 0 Å². The number of fused-ring (bicyclic) bond motifs is 1. The van der Waals surface area contributed by atoms with Gasteiger partial charge in [-0.2, -0.15) is 8.75 Å². The predicted octanol–water partition coefficient (Wildman–Crippen LogP) is 2.32. The maximum atomic E-state index is 12.3.